The van der Waals surface area contributed by atoms with Gasteiger partial charge in [-0.05, 0) is 41.1 Å². The molecular weight excluding hydrogens is 384 g/mol. The van der Waals surface area contributed by atoms with E-state index in [9.17, 15) is 4.79 Å². The highest BCUT2D eigenvalue weighted by Gasteiger charge is 2.27. The Kier molecular flexibility index (Phi) is 4.95. The third-order valence-corrected chi connectivity index (χ3v) is 6.13. The zero-order valence-electron chi connectivity index (χ0n) is 14.5. The highest BCUT2D eigenvalue weighted by atomic mass is 35.5. The summed E-state index contributed by atoms with van der Waals surface area (Å²) >= 11 is 1.82. The van der Waals surface area contributed by atoms with Gasteiger partial charge in [-0.2, -0.15) is 0 Å². The molecule has 1 aromatic heterocycles. The van der Waals surface area contributed by atoms with Crippen LogP contribution in [-0.2, 0) is 24.3 Å². The van der Waals surface area contributed by atoms with E-state index in [1.807, 2.05) is 29.5 Å². The number of rotatable bonds is 3. The minimum absolute atomic E-state index is 0. The van der Waals surface area contributed by atoms with Crippen molar-refractivity contribution in [2.45, 2.75) is 25.6 Å². The Morgan fingerprint density at radius 1 is 1.19 bits per heavy atom. The monoisotopic (exact) mass is 402 g/mol. The van der Waals surface area contributed by atoms with Crippen LogP contribution in [0.5, 0.6) is 11.5 Å². The summed E-state index contributed by atoms with van der Waals surface area (Å²) < 4.78 is 12.0. The van der Waals surface area contributed by atoms with Gasteiger partial charge in [-0.25, -0.2) is 0 Å². The quantitative estimate of drug-likeness (QED) is 0.705. The minimum Gasteiger partial charge on any atom is -0.454 e. The molecule has 2 aromatic carbocycles. The van der Waals surface area contributed by atoms with Crippen molar-refractivity contribution in [2.24, 2.45) is 0 Å². The summed E-state index contributed by atoms with van der Waals surface area (Å²) in [5, 5.41) is 7.68. The molecule has 3 aromatic rings. The average molecular weight is 403 g/mol. The zero-order chi connectivity index (χ0) is 17.5. The summed E-state index contributed by atoms with van der Waals surface area (Å²) in [6.45, 7) is 1.48. The first-order valence-corrected chi connectivity index (χ1v) is 9.48. The number of fused-ring (bicyclic) bond motifs is 4. The fourth-order valence-corrected chi connectivity index (χ4v) is 4.74. The maximum absolute atomic E-state index is 12.6. The molecule has 0 saturated carbocycles. The van der Waals surface area contributed by atoms with Crippen molar-refractivity contribution in [1.29, 1.82) is 0 Å². The molecule has 0 unspecified atom stereocenters. The molecule has 0 fully saturated rings. The van der Waals surface area contributed by atoms with Crippen molar-refractivity contribution in [3.8, 4) is 11.5 Å². The normalized spacial score (nSPS) is 17.3. The number of hydrogen-bond acceptors (Lipinski definition) is 5. The number of amides is 1. The van der Waals surface area contributed by atoms with Gasteiger partial charge in [-0.3, -0.25) is 4.79 Å². The second-order valence-electron chi connectivity index (χ2n) is 6.54. The van der Waals surface area contributed by atoms with Crippen LogP contribution in [0.1, 0.15) is 16.0 Å². The fourth-order valence-electron chi connectivity index (χ4n) is 3.56. The fraction of sp³-hybridized carbons (Fsp3) is 0.250. The summed E-state index contributed by atoms with van der Waals surface area (Å²) in [5.74, 6) is 1.52. The lowest BCUT2D eigenvalue weighted by atomic mass is 9.98. The highest BCUT2D eigenvalue weighted by Crippen LogP contribution is 2.34. The van der Waals surface area contributed by atoms with Crippen LogP contribution in [-0.4, -0.2) is 18.7 Å². The summed E-state index contributed by atoms with van der Waals surface area (Å²) in [7, 11) is 0. The van der Waals surface area contributed by atoms with E-state index in [4.69, 9.17) is 9.47 Å². The molecule has 0 spiro atoms. The van der Waals surface area contributed by atoms with Gasteiger partial charge in [0.15, 0.2) is 11.5 Å². The summed E-state index contributed by atoms with van der Waals surface area (Å²) in [5.41, 5.74) is 2.31. The van der Waals surface area contributed by atoms with Crippen LogP contribution < -0.4 is 20.1 Å². The van der Waals surface area contributed by atoms with Crippen molar-refractivity contribution in [3.63, 3.8) is 0 Å². The largest absolute Gasteiger partial charge is 0.454 e. The predicted molar refractivity (Wildman–Crippen MR) is 108 cm³/mol. The van der Waals surface area contributed by atoms with Crippen LogP contribution in [0.3, 0.4) is 0 Å². The van der Waals surface area contributed by atoms with E-state index in [0.717, 1.165) is 30.0 Å². The summed E-state index contributed by atoms with van der Waals surface area (Å²) in [6.07, 6.45) is 0.728. The van der Waals surface area contributed by atoms with Crippen molar-refractivity contribution in [1.82, 2.24) is 10.6 Å². The molecule has 0 radical (unpaired) electrons. The Bertz CT molecular complexity index is 1000. The van der Waals surface area contributed by atoms with Crippen molar-refractivity contribution in [2.75, 3.05) is 6.79 Å². The topological polar surface area (TPSA) is 59.6 Å². The second-order valence-corrected chi connectivity index (χ2v) is 7.68. The molecule has 5 nitrogen and oxygen atoms in total. The molecule has 0 aliphatic carbocycles. The van der Waals surface area contributed by atoms with Gasteiger partial charge in [0.2, 0.25) is 12.7 Å². The van der Waals surface area contributed by atoms with Gasteiger partial charge in [-0.15, -0.1) is 23.7 Å². The van der Waals surface area contributed by atoms with Gasteiger partial charge in [0.1, 0.15) is 0 Å². The SMILES string of the molecule is Cl.O=C(NCc1ccc2c(c1)OCO2)[C@@H]1Cc2c(sc3ccccc23)CN1. The number of ether oxygens (including phenoxy) is 2. The van der Waals surface area contributed by atoms with Gasteiger partial charge in [0.05, 0.1) is 6.04 Å². The Morgan fingerprint density at radius 3 is 2.96 bits per heavy atom. The van der Waals surface area contributed by atoms with E-state index >= 15 is 0 Å². The molecule has 2 aliphatic rings. The van der Waals surface area contributed by atoms with E-state index in [0.29, 0.717) is 6.54 Å². The van der Waals surface area contributed by atoms with E-state index in [-0.39, 0.29) is 31.1 Å². The number of hydrogen-bond donors (Lipinski definition) is 2. The number of nitrogens with one attached hydrogen (secondary N) is 2. The predicted octanol–water partition coefficient (Wildman–Crippen LogP) is 3.38. The Hall–Kier alpha value is -2.28. The second kappa shape index (κ2) is 7.38. The van der Waals surface area contributed by atoms with Crippen molar-refractivity contribution in [3.05, 3.63) is 58.5 Å². The standard InChI is InChI=1S/C20H18N2O3S.ClH/c23-20(22-9-12-5-6-16-17(7-12)25-11-24-16)15-8-14-13-3-1-2-4-18(13)26-19(14)10-21-15;/h1-7,15,21H,8-11H2,(H,22,23);1H/t15-;/m0./s1. The molecule has 2 aliphatic heterocycles. The van der Waals surface area contributed by atoms with Crippen molar-refractivity contribution < 1.29 is 14.3 Å². The van der Waals surface area contributed by atoms with Crippen LogP contribution in [0.15, 0.2) is 42.5 Å². The van der Waals surface area contributed by atoms with Crippen LogP contribution in [0, 0.1) is 0 Å². The van der Waals surface area contributed by atoms with Gasteiger partial charge in [0.25, 0.3) is 0 Å². The van der Waals surface area contributed by atoms with Crippen LogP contribution in [0.25, 0.3) is 10.1 Å². The molecular formula is C20H19ClN2O3S. The van der Waals surface area contributed by atoms with Crippen LogP contribution >= 0.6 is 23.7 Å². The molecule has 1 amide bonds. The molecule has 2 N–H and O–H groups in total. The van der Waals surface area contributed by atoms with Crippen LogP contribution in [0.4, 0.5) is 0 Å². The maximum Gasteiger partial charge on any atom is 0.237 e. The molecule has 3 heterocycles. The number of benzene rings is 2. The first-order chi connectivity index (χ1) is 12.8. The van der Waals surface area contributed by atoms with Gasteiger partial charge < -0.3 is 20.1 Å². The van der Waals surface area contributed by atoms with Crippen LogP contribution in [0.2, 0.25) is 0 Å². The molecule has 140 valence electrons. The molecule has 0 saturated heterocycles. The molecule has 1 atom stereocenters. The zero-order valence-corrected chi connectivity index (χ0v) is 16.1. The first kappa shape index (κ1) is 18.1. The smallest absolute Gasteiger partial charge is 0.237 e. The lowest BCUT2D eigenvalue weighted by Crippen LogP contribution is -2.47. The van der Waals surface area contributed by atoms with E-state index < -0.39 is 0 Å². The van der Waals surface area contributed by atoms with Gasteiger partial charge >= 0.3 is 0 Å². The number of halogens is 1. The average Bonchev–Trinajstić information content (AvgIpc) is 3.29. The highest BCUT2D eigenvalue weighted by molar-refractivity contribution is 7.19. The Labute approximate surface area is 167 Å². The first-order valence-electron chi connectivity index (χ1n) is 8.67. The summed E-state index contributed by atoms with van der Waals surface area (Å²) in [4.78, 5) is 14.0. The lowest BCUT2D eigenvalue weighted by Gasteiger charge is -2.23. The maximum atomic E-state index is 12.6. The molecule has 27 heavy (non-hydrogen) atoms. The molecule has 0 bridgehead atoms. The molecule has 5 rings (SSSR count). The Morgan fingerprint density at radius 2 is 2.04 bits per heavy atom. The van der Waals surface area contributed by atoms with E-state index in [1.165, 1.54) is 20.5 Å². The van der Waals surface area contributed by atoms with Gasteiger partial charge in [-0.1, -0.05) is 24.3 Å². The number of carbonyl (C=O) groups excluding carboxylic acids is 1. The number of carbonyl (C=O) groups is 1. The number of thiophene rings is 1. The van der Waals surface area contributed by atoms with Gasteiger partial charge in [0, 0.05) is 22.7 Å². The lowest BCUT2D eigenvalue weighted by molar-refractivity contribution is -0.123. The van der Waals surface area contributed by atoms with E-state index in [2.05, 4.69) is 34.9 Å². The van der Waals surface area contributed by atoms with Crippen molar-refractivity contribution >= 4 is 39.7 Å². The van der Waals surface area contributed by atoms with E-state index in [1.54, 1.807) is 0 Å². The molecule has 7 heteroatoms. The third kappa shape index (κ3) is 3.36. The minimum atomic E-state index is -0.200. The summed E-state index contributed by atoms with van der Waals surface area (Å²) in [6, 6.07) is 14.0. The third-order valence-electron chi connectivity index (χ3n) is 4.92. The Balaban J connectivity index is 0.00000180.